The first kappa shape index (κ1) is 17.0. The van der Waals surface area contributed by atoms with E-state index in [0.29, 0.717) is 5.56 Å². The second-order valence-corrected chi connectivity index (χ2v) is 5.09. The summed E-state index contributed by atoms with van der Waals surface area (Å²) in [5.74, 6) is -2.19. The zero-order valence-corrected chi connectivity index (χ0v) is 12.6. The van der Waals surface area contributed by atoms with Crippen LogP contribution in [0.4, 0.5) is 0 Å². The lowest BCUT2D eigenvalue weighted by atomic mass is 10.1. The zero-order chi connectivity index (χ0) is 15.8. The van der Waals surface area contributed by atoms with Gasteiger partial charge >= 0.3 is 11.9 Å². The number of ether oxygens (including phenoxy) is 1. The molecule has 6 nitrogen and oxygen atoms in total. The summed E-state index contributed by atoms with van der Waals surface area (Å²) < 4.78 is 4.45. The van der Waals surface area contributed by atoms with Crippen LogP contribution >= 0.6 is 11.8 Å². The first-order chi connectivity index (χ1) is 9.97. The largest absolute Gasteiger partial charge is 0.480 e. The van der Waals surface area contributed by atoms with Gasteiger partial charge in [0.15, 0.2) is 0 Å². The first-order valence-electron chi connectivity index (χ1n) is 6.22. The highest BCUT2D eigenvalue weighted by Gasteiger charge is 2.21. The average molecular weight is 311 g/mol. The van der Waals surface area contributed by atoms with Gasteiger partial charge in [-0.1, -0.05) is 0 Å². The Kier molecular flexibility index (Phi) is 6.74. The van der Waals surface area contributed by atoms with Crippen LogP contribution in [0.1, 0.15) is 23.2 Å². The van der Waals surface area contributed by atoms with Crippen molar-refractivity contribution in [2.75, 3.05) is 13.4 Å². The van der Waals surface area contributed by atoms with Crippen molar-refractivity contribution >= 4 is 29.6 Å². The number of hydrogen-bond acceptors (Lipinski definition) is 5. The molecule has 2 N–H and O–H groups in total. The Hall–Kier alpha value is -2.02. The van der Waals surface area contributed by atoms with Crippen molar-refractivity contribution in [3.05, 3.63) is 29.8 Å². The lowest BCUT2D eigenvalue weighted by Crippen LogP contribution is -2.41. The number of rotatable bonds is 7. The summed E-state index contributed by atoms with van der Waals surface area (Å²) in [5, 5.41) is 11.5. The van der Waals surface area contributed by atoms with Gasteiger partial charge in [-0.15, -0.1) is 11.8 Å². The van der Waals surface area contributed by atoms with Crippen LogP contribution in [0.15, 0.2) is 29.2 Å². The third kappa shape index (κ3) is 5.47. The smallest absolute Gasteiger partial charge is 0.326 e. The van der Waals surface area contributed by atoms with Crippen LogP contribution < -0.4 is 5.32 Å². The van der Waals surface area contributed by atoms with Crippen molar-refractivity contribution in [1.29, 1.82) is 0 Å². The molecule has 1 amide bonds. The summed E-state index contributed by atoms with van der Waals surface area (Å²) in [7, 11) is 1.23. The van der Waals surface area contributed by atoms with E-state index in [4.69, 9.17) is 5.11 Å². The number of thioether (sulfide) groups is 1. The maximum atomic E-state index is 12.0. The maximum Gasteiger partial charge on any atom is 0.326 e. The number of benzene rings is 1. The number of carboxylic acid groups (broad SMARTS) is 1. The molecule has 114 valence electrons. The van der Waals surface area contributed by atoms with E-state index >= 15 is 0 Å². The van der Waals surface area contributed by atoms with Gasteiger partial charge in [-0.05, 0) is 36.9 Å². The van der Waals surface area contributed by atoms with E-state index in [0.717, 1.165) is 4.90 Å². The van der Waals surface area contributed by atoms with E-state index in [1.807, 2.05) is 6.26 Å². The Labute approximate surface area is 126 Å². The van der Waals surface area contributed by atoms with E-state index in [1.165, 1.54) is 7.11 Å². The van der Waals surface area contributed by atoms with Crippen LogP contribution in [0, 0.1) is 0 Å². The van der Waals surface area contributed by atoms with E-state index in [-0.39, 0.29) is 12.8 Å². The molecule has 0 aliphatic rings. The molecule has 1 aromatic carbocycles. The fraction of sp³-hybridized carbons (Fsp3) is 0.357. The van der Waals surface area contributed by atoms with E-state index in [2.05, 4.69) is 10.1 Å². The minimum Gasteiger partial charge on any atom is -0.480 e. The Balaban J connectivity index is 2.66. The van der Waals surface area contributed by atoms with Gasteiger partial charge in [0.1, 0.15) is 6.04 Å². The summed E-state index contributed by atoms with van der Waals surface area (Å²) in [4.78, 5) is 35.1. The molecular formula is C14H17NO5S. The van der Waals surface area contributed by atoms with Gasteiger partial charge in [0, 0.05) is 16.9 Å². The van der Waals surface area contributed by atoms with Gasteiger partial charge in [-0.3, -0.25) is 9.59 Å². The molecule has 7 heteroatoms. The third-order valence-electron chi connectivity index (χ3n) is 2.82. The predicted molar refractivity (Wildman–Crippen MR) is 78.4 cm³/mol. The molecule has 0 bridgehead atoms. The number of carbonyl (C=O) groups excluding carboxylic acids is 2. The van der Waals surface area contributed by atoms with Crippen LogP contribution in [-0.2, 0) is 14.3 Å². The third-order valence-corrected chi connectivity index (χ3v) is 3.56. The van der Waals surface area contributed by atoms with E-state index in [9.17, 15) is 14.4 Å². The summed E-state index contributed by atoms with van der Waals surface area (Å²) in [6, 6.07) is 5.69. The highest BCUT2D eigenvalue weighted by Crippen LogP contribution is 2.15. The Morgan fingerprint density at radius 3 is 2.38 bits per heavy atom. The summed E-state index contributed by atoms with van der Waals surface area (Å²) in [6.45, 7) is 0. The van der Waals surface area contributed by atoms with Gasteiger partial charge in [0.2, 0.25) is 0 Å². The highest BCUT2D eigenvalue weighted by atomic mass is 32.2. The number of carboxylic acids is 1. The second-order valence-electron chi connectivity index (χ2n) is 4.21. The van der Waals surface area contributed by atoms with Crippen LogP contribution in [0.3, 0.4) is 0 Å². The molecule has 0 aliphatic carbocycles. The monoisotopic (exact) mass is 311 g/mol. The summed E-state index contributed by atoms with van der Waals surface area (Å²) >= 11 is 1.54. The van der Waals surface area contributed by atoms with Crippen molar-refractivity contribution in [3.63, 3.8) is 0 Å². The van der Waals surface area contributed by atoms with Crippen LogP contribution in [0.25, 0.3) is 0 Å². The minimum atomic E-state index is -1.19. The molecule has 0 heterocycles. The molecule has 0 spiro atoms. The normalized spacial score (nSPS) is 11.5. The topological polar surface area (TPSA) is 92.7 Å². The van der Waals surface area contributed by atoms with Crippen molar-refractivity contribution in [3.8, 4) is 0 Å². The molecule has 0 saturated carbocycles. The molecule has 1 atom stereocenters. The van der Waals surface area contributed by atoms with Crippen LogP contribution in [0.5, 0.6) is 0 Å². The molecular weight excluding hydrogens is 294 g/mol. The molecule has 0 radical (unpaired) electrons. The predicted octanol–water partition coefficient (Wildman–Crippen LogP) is 1.54. The van der Waals surface area contributed by atoms with Gasteiger partial charge < -0.3 is 15.2 Å². The Morgan fingerprint density at radius 1 is 1.29 bits per heavy atom. The number of methoxy groups -OCH3 is 1. The number of aliphatic carboxylic acids is 1. The standard InChI is InChI=1S/C14H17NO5S/c1-20-12(16)8-7-11(14(18)19)15-13(17)9-3-5-10(21-2)6-4-9/h3-6,11H,7-8H2,1-2H3,(H,15,17)(H,18,19). The van der Waals surface area contributed by atoms with Crippen LogP contribution in [0.2, 0.25) is 0 Å². The molecule has 0 fully saturated rings. The van der Waals surface area contributed by atoms with E-state index < -0.39 is 23.9 Å². The molecule has 21 heavy (non-hydrogen) atoms. The maximum absolute atomic E-state index is 12.0. The number of amides is 1. The number of carbonyl (C=O) groups is 3. The quantitative estimate of drug-likeness (QED) is 0.586. The summed E-state index contributed by atoms with van der Waals surface area (Å²) in [6.07, 6.45) is 1.83. The first-order valence-corrected chi connectivity index (χ1v) is 7.45. The lowest BCUT2D eigenvalue weighted by molar-refractivity contribution is -0.142. The van der Waals surface area contributed by atoms with E-state index in [1.54, 1.807) is 36.0 Å². The highest BCUT2D eigenvalue weighted by molar-refractivity contribution is 7.98. The molecule has 1 unspecified atom stereocenters. The number of hydrogen-bond donors (Lipinski definition) is 2. The van der Waals surface area contributed by atoms with Crippen molar-refractivity contribution in [1.82, 2.24) is 5.32 Å². The summed E-state index contributed by atoms with van der Waals surface area (Å²) in [5.41, 5.74) is 0.372. The number of esters is 1. The Bertz CT molecular complexity index is 515. The van der Waals surface area contributed by atoms with Crippen molar-refractivity contribution < 1.29 is 24.2 Å². The van der Waals surface area contributed by atoms with Gasteiger partial charge in [-0.2, -0.15) is 0 Å². The Morgan fingerprint density at radius 2 is 1.90 bits per heavy atom. The van der Waals surface area contributed by atoms with Gasteiger partial charge in [-0.25, -0.2) is 4.79 Å². The fourth-order valence-corrected chi connectivity index (χ4v) is 2.01. The second kappa shape index (κ2) is 8.31. The van der Waals surface area contributed by atoms with Crippen molar-refractivity contribution in [2.45, 2.75) is 23.8 Å². The van der Waals surface area contributed by atoms with Crippen molar-refractivity contribution in [2.24, 2.45) is 0 Å². The SMILES string of the molecule is COC(=O)CCC(NC(=O)c1ccc(SC)cc1)C(=O)O. The van der Waals surface area contributed by atoms with Gasteiger partial charge in [0.05, 0.1) is 7.11 Å². The average Bonchev–Trinajstić information content (AvgIpc) is 2.50. The van der Waals surface area contributed by atoms with Crippen LogP contribution in [-0.4, -0.2) is 42.4 Å². The number of nitrogens with one attached hydrogen (secondary N) is 1. The molecule has 1 rings (SSSR count). The molecule has 1 aromatic rings. The minimum absolute atomic E-state index is 0.0172. The molecule has 0 aliphatic heterocycles. The lowest BCUT2D eigenvalue weighted by Gasteiger charge is -2.14. The fourth-order valence-electron chi connectivity index (χ4n) is 1.61. The van der Waals surface area contributed by atoms with Gasteiger partial charge in [0.25, 0.3) is 5.91 Å². The molecule has 0 saturated heterocycles. The molecule has 0 aromatic heterocycles. The zero-order valence-electron chi connectivity index (χ0n) is 11.8.